The van der Waals surface area contributed by atoms with E-state index in [1.165, 1.54) is 12.8 Å². The average Bonchev–Trinajstić information content (AvgIpc) is 3.20. The minimum Gasteiger partial charge on any atom is -0.466 e. The van der Waals surface area contributed by atoms with E-state index in [1.807, 2.05) is 6.92 Å². The molecule has 2 aromatic heterocycles. The highest BCUT2D eigenvalue weighted by molar-refractivity contribution is 7.71. The van der Waals surface area contributed by atoms with Crippen LogP contribution in [0.15, 0.2) is 12.1 Å². The number of rotatable bonds is 7. The number of ether oxygens (including phenoxy) is 1. The number of H-pyrrole nitrogens is 1. The molecule has 2 fully saturated rings. The fourth-order valence-corrected chi connectivity index (χ4v) is 5.60. The first-order chi connectivity index (χ1) is 17.1. The second-order valence-corrected chi connectivity index (χ2v) is 9.91. The number of carbonyl (C=O) groups is 1. The quantitative estimate of drug-likeness (QED) is 0.334. The van der Waals surface area contributed by atoms with Crippen molar-refractivity contribution in [3.63, 3.8) is 0 Å². The van der Waals surface area contributed by atoms with Crippen LogP contribution in [0, 0.1) is 16.6 Å². The number of imidazole rings is 1. The largest absolute Gasteiger partial charge is 0.466 e. The standard InChI is InChI=1S/C25H35N7O2S/c1-3-32-21-14-19-18(13-20(21)29-25(32)35)22(27-15-16-5-9-26-10-6-16)30-24(28-19)31-11-7-17(8-12-31)23(33)34-4-2/h13-14,16-17,26H,3-12,15H2,1-2H3,(H,29,35)(H,27,28,30). The normalized spacial score (nSPS) is 17.8. The van der Waals surface area contributed by atoms with Gasteiger partial charge in [0.1, 0.15) is 5.82 Å². The van der Waals surface area contributed by atoms with Crippen molar-refractivity contribution >= 4 is 51.9 Å². The Kier molecular flexibility index (Phi) is 7.19. The van der Waals surface area contributed by atoms with E-state index in [0.29, 0.717) is 18.5 Å². The number of piperidine rings is 2. The van der Waals surface area contributed by atoms with Gasteiger partial charge in [-0.1, -0.05) is 0 Å². The van der Waals surface area contributed by atoms with Gasteiger partial charge in [-0.25, -0.2) is 4.98 Å². The fraction of sp³-hybridized carbons (Fsp3) is 0.600. The van der Waals surface area contributed by atoms with Gasteiger partial charge in [-0.3, -0.25) is 4.79 Å². The maximum absolute atomic E-state index is 12.2. The van der Waals surface area contributed by atoms with Crippen LogP contribution in [0.2, 0.25) is 0 Å². The lowest BCUT2D eigenvalue weighted by molar-refractivity contribution is -0.148. The highest BCUT2D eigenvalue weighted by Gasteiger charge is 2.28. The molecule has 0 saturated carbocycles. The third-order valence-electron chi connectivity index (χ3n) is 7.31. The van der Waals surface area contributed by atoms with Crippen LogP contribution in [0.25, 0.3) is 21.9 Å². The molecule has 0 amide bonds. The van der Waals surface area contributed by atoms with Gasteiger partial charge in [-0.05, 0) is 82.9 Å². The minimum absolute atomic E-state index is 0.0439. The van der Waals surface area contributed by atoms with E-state index < -0.39 is 0 Å². The molecule has 10 heteroatoms. The zero-order valence-corrected chi connectivity index (χ0v) is 21.4. The number of carbonyl (C=O) groups excluding carboxylic acids is 1. The molecule has 9 nitrogen and oxygen atoms in total. The maximum Gasteiger partial charge on any atom is 0.309 e. The highest BCUT2D eigenvalue weighted by Crippen LogP contribution is 2.30. The second-order valence-electron chi connectivity index (χ2n) is 9.52. The summed E-state index contributed by atoms with van der Waals surface area (Å²) >= 11 is 5.54. The second kappa shape index (κ2) is 10.5. The molecule has 2 aliphatic heterocycles. The first-order valence-electron chi connectivity index (χ1n) is 12.9. The van der Waals surface area contributed by atoms with Crippen LogP contribution in [0.5, 0.6) is 0 Å². The van der Waals surface area contributed by atoms with E-state index in [1.54, 1.807) is 0 Å². The number of aryl methyl sites for hydroxylation is 1. The lowest BCUT2D eigenvalue weighted by atomic mass is 9.97. The zero-order chi connectivity index (χ0) is 24.4. The summed E-state index contributed by atoms with van der Waals surface area (Å²) in [4.78, 5) is 27.7. The Bertz CT molecular complexity index is 1260. The number of aromatic amines is 1. The third kappa shape index (κ3) is 4.99. The smallest absolute Gasteiger partial charge is 0.309 e. The molecular formula is C25H35N7O2S. The van der Waals surface area contributed by atoms with Gasteiger partial charge < -0.3 is 29.8 Å². The predicted octanol–water partition coefficient (Wildman–Crippen LogP) is 3.85. The molecule has 188 valence electrons. The topological polar surface area (TPSA) is 100 Å². The number of anilines is 2. The number of nitrogens with one attached hydrogen (secondary N) is 3. The molecule has 0 spiro atoms. The van der Waals surface area contributed by atoms with E-state index in [9.17, 15) is 4.79 Å². The van der Waals surface area contributed by atoms with Crippen molar-refractivity contribution in [1.82, 2.24) is 24.8 Å². The van der Waals surface area contributed by atoms with E-state index in [2.05, 4.69) is 44.1 Å². The van der Waals surface area contributed by atoms with Crippen LogP contribution < -0.4 is 15.5 Å². The van der Waals surface area contributed by atoms with Gasteiger partial charge in [-0.2, -0.15) is 4.98 Å². The molecule has 3 N–H and O–H groups in total. The monoisotopic (exact) mass is 497 g/mol. The number of aromatic nitrogens is 4. The lowest BCUT2D eigenvalue weighted by Gasteiger charge is -2.31. The van der Waals surface area contributed by atoms with Crippen molar-refractivity contribution in [2.75, 3.05) is 49.5 Å². The Hall–Kier alpha value is -2.72. The van der Waals surface area contributed by atoms with Gasteiger partial charge in [0.25, 0.3) is 0 Å². The summed E-state index contributed by atoms with van der Waals surface area (Å²) in [6.45, 7) is 9.67. The molecule has 5 rings (SSSR count). The van der Waals surface area contributed by atoms with Crippen LogP contribution in [-0.2, 0) is 16.1 Å². The van der Waals surface area contributed by atoms with E-state index in [-0.39, 0.29) is 11.9 Å². The molecule has 2 aliphatic rings. The van der Waals surface area contributed by atoms with Crippen LogP contribution in [0.3, 0.4) is 0 Å². The summed E-state index contributed by atoms with van der Waals surface area (Å²) in [5.74, 6) is 2.07. The number of benzene rings is 1. The average molecular weight is 498 g/mol. The number of esters is 1. The van der Waals surface area contributed by atoms with Gasteiger partial charge in [-0.15, -0.1) is 0 Å². The number of hydrogen-bond acceptors (Lipinski definition) is 8. The molecular weight excluding hydrogens is 462 g/mol. The van der Waals surface area contributed by atoms with Crippen LogP contribution in [0.4, 0.5) is 11.8 Å². The Morgan fingerprint density at radius 3 is 2.66 bits per heavy atom. The first-order valence-corrected chi connectivity index (χ1v) is 13.3. The Morgan fingerprint density at radius 2 is 1.94 bits per heavy atom. The van der Waals surface area contributed by atoms with Gasteiger partial charge >= 0.3 is 5.97 Å². The number of nitrogens with zero attached hydrogens (tertiary/aromatic N) is 4. The Labute approximate surface area is 210 Å². The maximum atomic E-state index is 12.2. The van der Waals surface area contributed by atoms with Crippen LogP contribution in [0.1, 0.15) is 39.5 Å². The third-order valence-corrected chi connectivity index (χ3v) is 7.63. The van der Waals surface area contributed by atoms with Crippen LogP contribution in [-0.4, -0.2) is 64.8 Å². The molecule has 0 unspecified atom stereocenters. The molecule has 0 aliphatic carbocycles. The predicted molar refractivity (Wildman–Crippen MR) is 142 cm³/mol. The summed E-state index contributed by atoms with van der Waals surface area (Å²) < 4.78 is 8.05. The van der Waals surface area contributed by atoms with Gasteiger partial charge in [0, 0.05) is 31.6 Å². The summed E-state index contributed by atoms with van der Waals surface area (Å²) in [6, 6.07) is 4.24. The molecule has 35 heavy (non-hydrogen) atoms. The van der Waals surface area contributed by atoms with Crippen molar-refractivity contribution in [1.29, 1.82) is 0 Å². The van der Waals surface area contributed by atoms with E-state index >= 15 is 0 Å². The van der Waals surface area contributed by atoms with Gasteiger partial charge in [0.05, 0.1) is 29.1 Å². The van der Waals surface area contributed by atoms with Crippen molar-refractivity contribution in [3.05, 3.63) is 16.9 Å². The van der Waals surface area contributed by atoms with Crippen molar-refractivity contribution in [3.8, 4) is 0 Å². The molecule has 0 radical (unpaired) electrons. The number of hydrogen-bond donors (Lipinski definition) is 3. The summed E-state index contributed by atoms with van der Waals surface area (Å²) in [7, 11) is 0. The zero-order valence-electron chi connectivity index (χ0n) is 20.6. The van der Waals surface area contributed by atoms with E-state index in [4.69, 9.17) is 26.9 Å². The SMILES string of the molecule is CCOC(=O)C1CCN(c2nc(NCC3CCNCC3)c3cc4[nH]c(=S)n(CC)c4cc3n2)CC1. The molecule has 2 saturated heterocycles. The molecule has 1 aromatic carbocycles. The van der Waals surface area contributed by atoms with Crippen molar-refractivity contribution in [2.45, 2.75) is 46.1 Å². The molecule has 3 aromatic rings. The summed E-state index contributed by atoms with van der Waals surface area (Å²) in [5.41, 5.74) is 2.96. The van der Waals surface area contributed by atoms with Gasteiger partial charge in [0.15, 0.2) is 4.77 Å². The fourth-order valence-electron chi connectivity index (χ4n) is 5.26. The lowest BCUT2D eigenvalue weighted by Crippen LogP contribution is -2.38. The molecule has 0 atom stereocenters. The van der Waals surface area contributed by atoms with E-state index in [0.717, 1.165) is 84.6 Å². The minimum atomic E-state index is -0.0883. The van der Waals surface area contributed by atoms with Crippen molar-refractivity contribution in [2.24, 2.45) is 11.8 Å². The van der Waals surface area contributed by atoms with Gasteiger partial charge in [0.2, 0.25) is 5.95 Å². The summed E-state index contributed by atoms with van der Waals surface area (Å²) in [6.07, 6.45) is 3.84. The van der Waals surface area contributed by atoms with Crippen molar-refractivity contribution < 1.29 is 9.53 Å². The summed E-state index contributed by atoms with van der Waals surface area (Å²) in [5, 5.41) is 8.09. The first kappa shape index (κ1) is 24.0. The highest BCUT2D eigenvalue weighted by atomic mass is 32.1. The van der Waals surface area contributed by atoms with Crippen LogP contribution >= 0.6 is 12.2 Å². The molecule has 0 bridgehead atoms. The molecule has 4 heterocycles. The number of fused-ring (bicyclic) bond motifs is 2. The Morgan fingerprint density at radius 1 is 1.17 bits per heavy atom. The Balaban J connectivity index is 1.48.